The first-order chi connectivity index (χ1) is 16.2. The minimum Gasteiger partial charge on any atom is -0.508 e. The normalized spacial score (nSPS) is 13.3. The van der Waals surface area contributed by atoms with Gasteiger partial charge in [-0.05, 0) is 71.1 Å². The quantitative estimate of drug-likeness (QED) is 0.360. The molecular weight excluding hydrogens is 446 g/mol. The number of phenols is 1. The van der Waals surface area contributed by atoms with Gasteiger partial charge in [0.05, 0.1) is 0 Å². The molecule has 0 aliphatic carbocycles. The fourth-order valence-corrected chi connectivity index (χ4v) is 3.73. The SMILES string of the molecule is CCCCCN(C(=O)C(CC(C)C)NC(=O)OC(C)(C)C)C(C(=O)NC(C)C)c1ccc(O)cc1. The van der Waals surface area contributed by atoms with Crippen molar-refractivity contribution in [2.75, 3.05) is 6.54 Å². The molecule has 3 N–H and O–H groups in total. The lowest BCUT2D eigenvalue weighted by molar-refractivity contribution is -0.143. The molecule has 2 unspecified atom stereocenters. The first-order valence-corrected chi connectivity index (χ1v) is 12.6. The summed E-state index contributed by atoms with van der Waals surface area (Å²) < 4.78 is 5.41. The number of ether oxygens (including phenoxy) is 1. The van der Waals surface area contributed by atoms with Gasteiger partial charge in [0.2, 0.25) is 11.8 Å². The molecule has 8 heteroatoms. The molecule has 0 spiro atoms. The van der Waals surface area contributed by atoms with Crippen LogP contribution >= 0.6 is 0 Å². The highest BCUT2D eigenvalue weighted by molar-refractivity contribution is 5.92. The zero-order valence-corrected chi connectivity index (χ0v) is 22.7. The van der Waals surface area contributed by atoms with E-state index in [1.807, 2.05) is 27.7 Å². The minimum atomic E-state index is -0.905. The van der Waals surface area contributed by atoms with Gasteiger partial charge in [0, 0.05) is 12.6 Å². The average Bonchev–Trinajstić information content (AvgIpc) is 2.71. The van der Waals surface area contributed by atoms with Crippen molar-refractivity contribution in [2.24, 2.45) is 5.92 Å². The summed E-state index contributed by atoms with van der Waals surface area (Å²) in [6.45, 7) is 15.4. The number of nitrogens with zero attached hydrogens (tertiary/aromatic N) is 1. The summed E-state index contributed by atoms with van der Waals surface area (Å²) >= 11 is 0. The van der Waals surface area contributed by atoms with Crippen LogP contribution in [0.4, 0.5) is 4.79 Å². The van der Waals surface area contributed by atoms with E-state index < -0.39 is 23.8 Å². The van der Waals surface area contributed by atoms with Crippen LogP contribution in [0, 0.1) is 5.92 Å². The summed E-state index contributed by atoms with van der Waals surface area (Å²) in [4.78, 5) is 41.5. The third kappa shape index (κ3) is 11.0. The van der Waals surface area contributed by atoms with E-state index in [0.29, 0.717) is 24.9 Å². The van der Waals surface area contributed by atoms with Gasteiger partial charge in [0.25, 0.3) is 0 Å². The van der Waals surface area contributed by atoms with E-state index in [9.17, 15) is 19.5 Å². The summed E-state index contributed by atoms with van der Waals surface area (Å²) in [5, 5.41) is 15.5. The lowest BCUT2D eigenvalue weighted by atomic mass is 9.98. The van der Waals surface area contributed by atoms with Crippen molar-refractivity contribution in [3.05, 3.63) is 29.8 Å². The van der Waals surface area contributed by atoms with Gasteiger partial charge in [-0.2, -0.15) is 0 Å². The number of amides is 3. The van der Waals surface area contributed by atoms with Gasteiger partial charge in [0.15, 0.2) is 0 Å². The maximum absolute atomic E-state index is 14.0. The molecule has 3 amide bonds. The number of unbranched alkanes of at least 4 members (excludes halogenated alkanes) is 2. The Balaban J connectivity index is 3.44. The smallest absolute Gasteiger partial charge is 0.408 e. The second-order valence-electron chi connectivity index (χ2n) is 10.7. The molecule has 0 heterocycles. The fourth-order valence-electron chi connectivity index (χ4n) is 3.73. The Morgan fingerprint density at radius 3 is 2.09 bits per heavy atom. The molecule has 198 valence electrons. The minimum absolute atomic E-state index is 0.0740. The lowest BCUT2D eigenvalue weighted by Gasteiger charge is -2.35. The van der Waals surface area contributed by atoms with E-state index in [2.05, 4.69) is 17.6 Å². The van der Waals surface area contributed by atoms with E-state index in [4.69, 9.17) is 4.74 Å². The number of benzene rings is 1. The average molecular weight is 492 g/mol. The molecule has 1 aromatic rings. The molecule has 1 aromatic carbocycles. The summed E-state index contributed by atoms with van der Waals surface area (Å²) in [6, 6.07) is 4.43. The zero-order valence-electron chi connectivity index (χ0n) is 22.7. The molecular formula is C27H45N3O5. The Bertz CT molecular complexity index is 815. The first-order valence-electron chi connectivity index (χ1n) is 12.6. The highest BCUT2D eigenvalue weighted by Gasteiger charge is 2.36. The third-order valence-corrected chi connectivity index (χ3v) is 5.18. The van der Waals surface area contributed by atoms with E-state index >= 15 is 0 Å². The molecule has 0 aliphatic rings. The van der Waals surface area contributed by atoms with Crippen LogP contribution in [0.1, 0.15) is 92.7 Å². The monoisotopic (exact) mass is 491 g/mol. The van der Waals surface area contributed by atoms with Gasteiger partial charge < -0.3 is 25.4 Å². The molecule has 0 saturated carbocycles. The highest BCUT2D eigenvalue weighted by Crippen LogP contribution is 2.26. The largest absolute Gasteiger partial charge is 0.508 e. The second-order valence-corrected chi connectivity index (χ2v) is 10.7. The molecule has 8 nitrogen and oxygen atoms in total. The lowest BCUT2D eigenvalue weighted by Crippen LogP contribution is -2.54. The topological polar surface area (TPSA) is 108 Å². The maximum Gasteiger partial charge on any atom is 0.408 e. The zero-order chi connectivity index (χ0) is 26.8. The summed E-state index contributed by atoms with van der Waals surface area (Å²) in [5.41, 5.74) is -0.117. The van der Waals surface area contributed by atoms with Crippen LogP contribution in [0.3, 0.4) is 0 Å². The van der Waals surface area contributed by atoms with Crippen LogP contribution in [0.2, 0.25) is 0 Å². The van der Waals surface area contributed by atoms with Crippen molar-refractivity contribution in [3.8, 4) is 5.75 Å². The van der Waals surface area contributed by atoms with Crippen LogP contribution in [0.15, 0.2) is 24.3 Å². The number of hydrogen-bond acceptors (Lipinski definition) is 5. The molecule has 0 saturated heterocycles. The van der Waals surface area contributed by atoms with Crippen LogP contribution in [-0.2, 0) is 14.3 Å². The van der Waals surface area contributed by atoms with Crippen LogP contribution in [0.5, 0.6) is 5.75 Å². The number of phenolic OH excluding ortho intramolecular Hbond substituents is 1. The van der Waals surface area contributed by atoms with E-state index in [1.165, 1.54) is 12.1 Å². The Hall–Kier alpha value is -2.77. The summed E-state index contributed by atoms with van der Waals surface area (Å²) in [6.07, 6.45) is 2.29. The summed E-state index contributed by atoms with van der Waals surface area (Å²) in [5.74, 6) is -0.452. The van der Waals surface area contributed by atoms with Crippen LogP contribution in [-0.4, -0.2) is 52.1 Å². The van der Waals surface area contributed by atoms with Gasteiger partial charge in [-0.15, -0.1) is 0 Å². The number of rotatable bonds is 12. The van der Waals surface area contributed by atoms with E-state index in [-0.39, 0.29) is 29.5 Å². The number of nitrogens with one attached hydrogen (secondary N) is 2. The van der Waals surface area contributed by atoms with Crippen molar-refractivity contribution in [2.45, 2.75) is 105 Å². The van der Waals surface area contributed by atoms with Crippen molar-refractivity contribution in [3.63, 3.8) is 0 Å². The number of carbonyl (C=O) groups excluding carboxylic acids is 3. The van der Waals surface area contributed by atoms with Gasteiger partial charge in [0.1, 0.15) is 23.4 Å². The molecule has 0 bridgehead atoms. The molecule has 0 aromatic heterocycles. The van der Waals surface area contributed by atoms with Gasteiger partial charge in [-0.1, -0.05) is 45.7 Å². The first kappa shape index (κ1) is 30.3. The standard InChI is InChI=1S/C27H45N3O5/c1-9-10-11-16-30(23(24(32)28-19(4)5)20-12-14-21(31)15-13-20)25(33)22(17-18(2)3)29-26(34)35-27(6,7)8/h12-15,18-19,22-23,31H,9-11,16-17H2,1-8H3,(H,28,32)(H,29,34). The van der Waals surface area contributed by atoms with Crippen LogP contribution < -0.4 is 10.6 Å². The Labute approximate surface area is 210 Å². The van der Waals surface area contributed by atoms with Crippen molar-refractivity contribution in [1.82, 2.24) is 15.5 Å². The summed E-state index contributed by atoms with van der Waals surface area (Å²) in [7, 11) is 0. The molecule has 0 radical (unpaired) electrons. The van der Waals surface area contributed by atoms with E-state index in [0.717, 1.165) is 12.8 Å². The predicted octanol–water partition coefficient (Wildman–Crippen LogP) is 4.92. The Morgan fingerprint density at radius 1 is 1.00 bits per heavy atom. The van der Waals surface area contributed by atoms with Gasteiger partial charge in [-0.3, -0.25) is 9.59 Å². The fraction of sp³-hybridized carbons (Fsp3) is 0.667. The number of carbonyl (C=O) groups is 3. The number of aromatic hydroxyl groups is 1. The molecule has 0 aliphatic heterocycles. The molecule has 1 rings (SSSR count). The Morgan fingerprint density at radius 2 is 1.60 bits per heavy atom. The Kier molecular flexibility index (Phi) is 12.1. The van der Waals surface area contributed by atoms with Crippen LogP contribution in [0.25, 0.3) is 0 Å². The second kappa shape index (κ2) is 14.0. The van der Waals surface area contributed by atoms with Crippen molar-refractivity contribution in [1.29, 1.82) is 0 Å². The van der Waals surface area contributed by atoms with Crippen molar-refractivity contribution >= 4 is 17.9 Å². The predicted molar refractivity (Wildman–Crippen MR) is 138 cm³/mol. The van der Waals surface area contributed by atoms with E-state index in [1.54, 1.807) is 37.8 Å². The van der Waals surface area contributed by atoms with Gasteiger partial charge >= 0.3 is 6.09 Å². The van der Waals surface area contributed by atoms with Crippen molar-refractivity contribution < 1.29 is 24.2 Å². The molecule has 35 heavy (non-hydrogen) atoms. The number of hydrogen-bond donors (Lipinski definition) is 3. The number of alkyl carbamates (subject to hydrolysis) is 1. The molecule has 0 fully saturated rings. The van der Waals surface area contributed by atoms with Gasteiger partial charge in [-0.25, -0.2) is 4.79 Å². The molecule has 2 atom stereocenters. The third-order valence-electron chi connectivity index (χ3n) is 5.18. The maximum atomic E-state index is 14.0. The highest BCUT2D eigenvalue weighted by atomic mass is 16.6.